The molecular weight excluding hydrogens is 316 g/mol. The van der Waals surface area contributed by atoms with Gasteiger partial charge in [-0.05, 0) is 30.3 Å². The third-order valence-corrected chi connectivity index (χ3v) is 4.18. The van der Waals surface area contributed by atoms with Crippen molar-refractivity contribution in [1.82, 2.24) is 14.0 Å². The van der Waals surface area contributed by atoms with Gasteiger partial charge in [-0.25, -0.2) is 4.98 Å². The summed E-state index contributed by atoms with van der Waals surface area (Å²) < 4.78 is 9.31. The van der Waals surface area contributed by atoms with Crippen molar-refractivity contribution in [3.63, 3.8) is 0 Å². The maximum atomic E-state index is 13.0. The van der Waals surface area contributed by atoms with Crippen LogP contribution in [0.3, 0.4) is 0 Å². The van der Waals surface area contributed by atoms with Crippen LogP contribution >= 0.6 is 0 Å². The predicted octanol–water partition coefficient (Wildman–Crippen LogP) is 2.03. The Bertz CT molecular complexity index is 1100. The Balaban J connectivity index is 1.90. The second kappa shape index (κ2) is 6.41. The highest BCUT2D eigenvalue weighted by Crippen LogP contribution is 2.19. The van der Waals surface area contributed by atoms with E-state index in [1.54, 1.807) is 10.8 Å². The van der Waals surface area contributed by atoms with Crippen molar-refractivity contribution in [3.05, 3.63) is 76.8 Å². The lowest BCUT2D eigenvalue weighted by molar-refractivity contribution is 0.311. The molecule has 0 saturated heterocycles. The molecule has 0 aliphatic rings. The fraction of sp³-hybridized carbons (Fsp3) is 0.158. The molecule has 4 aromatic rings. The van der Waals surface area contributed by atoms with Crippen molar-refractivity contribution in [2.75, 3.05) is 13.2 Å². The van der Waals surface area contributed by atoms with Gasteiger partial charge < -0.3 is 19.4 Å². The second-order valence-corrected chi connectivity index (χ2v) is 5.75. The predicted molar refractivity (Wildman–Crippen MR) is 97.1 cm³/mol. The molecule has 0 radical (unpaired) electrons. The Kier molecular flexibility index (Phi) is 3.95. The van der Waals surface area contributed by atoms with Gasteiger partial charge in [-0.15, -0.1) is 0 Å². The van der Waals surface area contributed by atoms with E-state index in [4.69, 9.17) is 10.5 Å². The highest BCUT2D eigenvalue weighted by Gasteiger charge is 2.13. The molecule has 0 bridgehead atoms. The highest BCUT2D eigenvalue weighted by atomic mass is 16.5. The fourth-order valence-corrected chi connectivity index (χ4v) is 3.07. The lowest BCUT2D eigenvalue weighted by Gasteiger charge is -2.14. The van der Waals surface area contributed by atoms with E-state index >= 15 is 0 Å². The number of rotatable bonds is 5. The normalized spacial score (nSPS) is 11.2. The van der Waals surface area contributed by atoms with Crippen molar-refractivity contribution in [2.45, 2.75) is 6.54 Å². The molecule has 4 rings (SSSR count). The zero-order chi connectivity index (χ0) is 17.2. The molecule has 0 aliphatic heterocycles. The largest absolute Gasteiger partial charge is 0.476 e. The number of fused-ring (bicyclic) bond motifs is 3. The van der Waals surface area contributed by atoms with Crippen LogP contribution in [-0.4, -0.2) is 27.1 Å². The monoisotopic (exact) mass is 334 g/mol. The van der Waals surface area contributed by atoms with Crippen molar-refractivity contribution < 1.29 is 4.74 Å². The van der Waals surface area contributed by atoms with Crippen molar-refractivity contribution in [1.29, 1.82) is 0 Å². The minimum atomic E-state index is -0.0441. The van der Waals surface area contributed by atoms with Crippen LogP contribution in [0.1, 0.15) is 5.56 Å². The average molecular weight is 334 g/mol. The first-order valence-corrected chi connectivity index (χ1v) is 8.15. The summed E-state index contributed by atoms with van der Waals surface area (Å²) in [5, 5.41) is 0. The molecular formula is C19H18N4O2. The zero-order valence-electron chi connectivity index (χ0n) is 13.6. The van der Waals surface area contributed by atoms with E-state index < -0.39 is 0 Å². The summed E-state index contributed by atoms with van der Waals surface area (Å²) in [4.78, 5) is 17.3. The first-order chi connectivity index (χ1) is 12.3. The number of nitrogens with zero attached hydrogens (tertiary/aromatic N) is 3. The molecule has 6 nitrogen and oxygen atoms in total. The van der Waals surface area contributed by atoms with E-state index in [1.807, 2.05) is 59.1 Å². The maximum absolute atomic E-state index is 13.0. The van der Waals surface area contributed by atoms with Crippen LogP contribution in [0.15, 0.2) is 65.7 Å². The number of hydrogen-bond donors (Lipinski definition) is 1. The molecule has 3 heterocycles. The summed E-state index contributed by atoms with van der Waals surface area (Å²) in [6.45, 7) is 1.18. The number of benzene rings is 1. The Labute approximate surface area is 144 Å². The average Bonchev–Trinajstić information content (AvgIpc) is 3.14. The number of nitrogens with two attached hydrogens (primary N) is 1. The van der Waals surface area contributed by atoms with Crippen LogP contribution in [0.25, 0.3) is 16.6 Å². The van der Waals surface area contributed by atoms with E-state index in [2.05, 4.69) is 4.98 Å². The zero-order valence-corrected chi connectivity index (χ0v) is 13.6. The Hall–Kier alpha value is -3.12. The van der Waals surface area contributed by atoms with E-state index in [1.165, 1.54) is 0 Å². The van der Waals surface area contributed by atoms with E-state index in [0.717, 1.165) is 16.6 Å². The van der Waals surface area contributed by atoms with Gasteiger partial charge in [0, 0.05) is 24.5 Å². The van der Waals surface area contributed by atoms with E-state index in [-0.39, 0.29) is 5.56 Å². The van der Waals surface area contributed by atoms with Gasteiger partial charge in [0.15, 0.2) is 0 Å². The molecule has 6 heteroatoms. The third-order valence-electron chi connectivity index (χ3n) is 4.18. The topological polar surface area (TPSA) is 74.5 Å². The number of aromatic nitrogens is 3. The minimum absolute atomic E-state index is 0.0441. The van der Waals surface area contributed by atoms with Gasteiger partial charge in [-0.2, -0.15) is 0 Å². The van der Waals surface area contributed by atoms with Gasteiger partial charge in [-0.3, -0.25) is 4.79 Å². The molecule has 0 aliphatic carbocycles. The van der Waals surface area contributed by atoms with Gasteiger partial charge in [0.1, 0.15) is 12.1 Å². The van der Waals surface area contributed by atoms with Crippen molar-refractivity contribution in [3.8, 4) is 5.88 Å². The van der Waals surface area contributed by atoms with Gasteiger partial charge in [0.05, 0.1) is 17.6 Å². The summed E-state index contributed by atoms with van der Waals surface area (Å²) in [5.41, 5.74) is 8.81. The Morgan fingerprint density at radius 2 is 1.80 bits per heavy atom. The maximum Gasteiger partial charge on any atom is 0.275 e. The number of para-hydroxylation sites is 2. The lowest BCUT2D eigenvalue weighted by atomic mass is 10.2. The molecule has 3 aromatic heterocycles. The molecule has 0 unspecified atom stereocenters. The molecule has 126 valence electrons. The van der Waals surface area contributed by atoms with E-state index in [9.17, 15) is 4.79 Å². The molecule has 0 amide bonds. The molecule has 25 heavy (non-hydrogen) atoms. The summed E-state index contributed by atoms with van der Waals surface area (Å²) >= 11 is 0. The number of pyridine rings is 1. The van der Waals surface area contributed by atoms with E-state index in [0.29, 0.717) is 31.1 Å². The van der Waals surface area contributed by atoms with Crippen LogP contribution in [0, 0.1) is 0 Å². The number of ether oxygens (including phenoxy) is 1. The fourth-order valence-electron chi connectivity index (χ4n) is 3.07. The second-order valence-electron chi connectivity index (χ2n) is 5.75. The quantitative estimate of drug-likeness (QED) is 0.606. The smallest absolute Gasteiger partial charge is 0.275 e. The van der Waals surface area contributed by atoms with Crippen LogP contribution in [0.4, 0.5) is 0 Å². The van der Waals surface area contributed by atoms with Gasteiger partial charge >= 0.3 is 0 Å². The highest BCUT2D eigenvalue weighted by molar-refractivity contribution is 5.79. The van der Waals surface area contributed by atoms with Crippen LogP contribution in [-0.2, 0) is 6.54 Å². The first kappa shape index (κ1) is 15.4. The Morgan fingerprint density at radius 1 is 1.00 bits per heavy atom. The van der Waals surface area contributed by atoms with Crippen molar-refractivity contribution >= 4 is 16.6 Å². The SMILES string of the molecule is NCCOc1ncccc1Cn1c(=O)c2cccn2c2ccccc21. The molecule has 0 fully saturated rings. The van der Waals surface area contributed by atoms with Gasteiger partial charge in [0.2, 0.25) is 5.88 Å². The number of hydrogen-bond acceptors (Lipinski definition) is 4. The first-order valence-electron chi connectivity index (χ1n) is 8.15. The van der Waals surface area contributed by atoms with Crippen molar-refractivity contribution in [2.24, 2.45) is 5.73 Å². The lowest BCUT2D eigenvalue weighted by Crippen LogP contribution is -2.23. The summed E-state index contributed by atoms with van der Waals surface area (Å²) in [6.07, 6.45) is 3.58. The van der Waals surface area contributed by atoms with Crippen LogP contribution < -0.4 is 16.0 Å². The Morgan fingerprint density at radius 3 is 2.64 bits per heavy atom. The van der Waals surface area contributed by atoms with Crippen LogP contribution in [0.2, 0.25) is 0 Å². The van der Waals surface area contributed by atoms with Gasteiger partial charge in [0.25, 0.3) is 5.56 Å². The molecule has 0 spiro atoms. The minimum Gasteiger partial charge on any atom is -0.476 e. The molecule has 0 saturated carbocycles. The third kappa shape index (κ3) is 2.66. The van der Waals surface area contributed by atoms with Gasteiger partial charge in [-0.1, -0.05) is 18.2 Å². The molecule has 2 N–H and O–H groups in total. The summed E-state index contributed by atoms with van der Waals surface area (Å²) in [5.74, 6) is 0.513. The summed E-state index contributed by atoms with van der Waals surface area (Å²) in [7, 11) is 0. The summed E-state index contributed by atoms with van der Waals surface area (Å²) in [6, 6.07) is 15.3. The molecule has 1 aromatic carbocycles. The molecule has 0 atom stereocenters. The standard InChI is InChI=1S/C19H18N4O2/c20-9-12-25-18-14(5-3-10-21-18)13-23-16-7-2-1-6-15(16)22-11-4-8-17(22)19(23)24/h1-8,10-11H,9,12-13,20H2. The van der Waals surface area contributed by atoms with Crippen LogP contribution in [0.5, 0.6) is 5.88 Å².